The van der Waals surface area contributed by atoms with Gasteiger partial charge in [-0.1, -0.05) is 55.3 Å². The van der Waals surface area contributed by atoms with Crippen LogP contribution < -0.4 is 10.1 Å². The lowest BCUT2D eigenvalue weighted by molar-refractivity contribution is 0.236. The molecule has 116 valence electrons. The van der Waals surface area contributed by atoms with Gasteiger partial charge in [0, 0.05) is 29.1 Å². The summed E-state index contributed by atoms with van der Waals surface area (Å²) in [4.78, 5) is 0. The van der Waals surface area contributed by atoms with Crippen LogP contribution >= 0.6 is 23.2 Å². The van der Waals surface area contributed by atoms with Crippen LogP contribution in [0.2, 0.25) is 10.0 Å². The Labute approximate surface area is 137 Å². The average Bonchev–Trinajstić information content (AvgIpc) is 2.42. The second-order valence-electron chi connectivity index (χ2n) is 6.20. The lowest BCUT2D eigenvalue weighted by atomic mass is 9.93. The molecule has 1 aromatic rings. The molecule has 2 aliphatic rings. The molecule has 1 aromatic carbocycles. The van der Waals surface area contributed by atoms with Gasteiger partial charge in [-0.3, -0.25) is 0 Å². The molecule has 0 amide bonds. The first-order chi connectivity index (χ1) is 10.2. The lowest BCUT2D eigenvalue weighted by Crippen LogP contribution is -2.36. The molecule has 0 aromatic heterocycles. The molecular weight excluding hydrogens is 305 g/mol. The number of fused-ring (bicyclic) bond motifs is 1. The van der Waals surface area contributed by atoms with Gasteiger partial charge in [0.25, 0.3) is 0 Å². The third-order valence-electron chi connectivity index (χ3n) is 4.61. The van der Waals surface area contributed by atoms with Crippen molar-refractivity contribution in [3.63, 3.8) is 0 Å². The SMILES string of the molecule is Clc1cc(Cl)c2c(c1)C(NC1CCCCCCC1)CCO2. The molecule has 1 atom stereocenters. The molecule has 2 nitrogen and oxygen atoms in total. The van der Waals surface area contributed by atoms with Crippen molar-refractivity contribution in [3.05, 3.63) is 27.7 Å². The molecule has 21 heavy (non-hydrogen) atoms. The van der Waals surface area contributed by atoms with Crippen molar-refractivity contribution >= 4 is 23.2 Å². The van der Waals surface area contributed by atoms with Crippen LogP contribution in [-0.4, -0.2) is 12.6 Å². The normalized spacial score (nSPS) is 23.8. The molecular formula is C17H23Cl2NO. The maximum atomic E-state index is 6.27. The molecule has 1 fully saturated rings. The summed E-state index contributed by atoms with van der Waals surface area (Å²) in [6, 6.07) is 4.69. The molecule has 0 saturated heterocycles. The number of rotatable bonds is 2. The fraction of sp³-hybridized carbons (Fsp3) is 0.647. The molecule has 3 rings (SSSR count). The quantitative estimate of drug-likeness (QED) is 0.772. The van der Waals surface area contributed by atoms with Crippen LogP contribution in [0.4, 0.5) is 0 Å². The third-order valence-corrected chi connectivity index (χ3v) is 5.11. The molecule has 1 heterocycles. The fourth-order valence-corrected chi connectivity index (χ4v) is 4.07. The maximum Gasteiger partial charge on any atom is 0.142 e. The van der Waals surface area contributed by atoms with E-state index >= 15 is 0 Å². The first-order valence-electron chi connectivity index (χ1n) is 8.12. The number of ether oxygens (including phenoxy) is 1. The van der Waals surface area contributed by atoms with E-state index in [1.165, 1.54) is 44.9 Å². The van der Waals surface area contributed by atoms with Crippen molar-refractivity contribution in [2.75, 3.05) is 6.61 Å². The van der Waals surface area contributed by atoms with Crippen LogP contribution in [0.25, 0.3) is 0 Å². The van der Waals surface area contributed by atoms with Gasteiger partial charge in [-0.25, -0.2) is 0 Å². The van der Waals surface area contributed by atoms with Gasteiger partial charge in [-0.15, -0.1) is 0 Å². The van der Waals surface area contributed by atoms with Gasteiger partial charge in [0.2, 0.25) is 0 Å². The Morgan fingerprint density at radius 3 is 2.43 bits per heavy atom. The summed E-state index contributed by atoms with van der Waals surface area (Å²) in [5.74, 6) is 0.815. The molecule has 1 aliphatic carbocycles. The van der Waals surface area contributed by atoms with Gasteiger partial charge in [0.1, 0.15) is 5.75 Å². The Morgan fingerprint density at radius 2 is 1.67 bits per heavy atom. The summed E-state index contributed by atoms with van der Waals surface area (Å²) >= 11 is 12.4. The molecule has 0 spiro atoms. The highest BCUT2D eigenvalue weighted by atomic mass is 35.5. The lowest BCUT2D eigenvalue weighted by Gasteiger charge is -2.32. The molecule has 4 heteroatoms. The van der Waals surface area contributed by atoms with Crippen LogP contribution in [0, 0.1) is 0 Å². The Bertz CT molecular complexity index is 484. The molecule has 1 saturated carbocycles. The van der Waals surface area contributed by atoms with Crippen LogP contribution in [0.15, 0.2) is 12.1 Å². The zero-order chi connectivity index (χ0) is 14.7. The number of hydrogen-bond acceptors (Lipinski definition) is 2. The van der Waals surface area contributed by atoms with E-state index in [2.05, 4.69) is 5.32 Å². The fourth-order valence-electron chi connectivity index (χ4n) is 3.51. The van der Waals surface area contributed by atoms with Crippen LogP contribution in [-0.2, 0) is 0 Å². The summed E-state index contributed by atoms with van der Waals surface area (Å²) in [7, 11) is 0. The topological polar surface area (TPSA) is 21.3 Å². The first kappa shape index (κ1) is 15.5. The minimum atomic E-state index is 0.314. The highest BCUT2D eigenvalue weighted by Crippen LogP contribution is 2.40. The van der Waals surface area contributed by atoms with Crippen molar-refractivity contribution in [3.8, 4) is 5.75 Å². The number of halogens is 2. The van der Waals surface area contributed by atoms with Crippen molar-refractivity contribution < 1.29 is 4.74 Å². The molecule has 0 radical (unpaired) electrons. The van der Waals surface area contributed by atoms with Crippen LogP contribution in [0.5, 0.6) is 5.75 Å². The number of nitrogens with one attached hydrogen (secondary N) is 1. The maximum absolute atomic E-state index is 6.27. The predicted molar refractivity (Wildman–Crippen MR) is 88.6 cm³/mol. The third kappa shape index (κ3) is 3.85. The van der Waals surface area contributed by atoms with Gasteiger partial charge in [0.15, 0.2) is 0 Å². The van der Waals surface area contributed by atoms with Crippen LogP contribution in [0.3, 0.4) is 0 Å². The zero-order valence-corrected chi connectivity index (χ0v) is 13.8. The minimum Gasteiger partial charge on any atom is -0.492 e. The van der Waals surface area contributed by atoms with E-state index in [9.17, 15) is 0 Å². The van der Waals surface area contributed by atoms with Crippen LogP contribution in [0.1, 0.15) is 63.0 Å². The number of hydrogen-bond donors (Lipinski definition) is 1. The van der Waals surface area contributed by atoms with E-state index in [0.29, 0.717) is 22.1 Å². The molecule has 1 aliphatic heterocycles. The van der Waals surface area contributed by atoms with E-state index in [-0.39, 0.29) is 0 Å². The molecule has 1 unspecified atom stereocenters. The summed E-state index contributed by atoms with van der Waals surface area (Å²) in [6.07, 6.45) is 10.4. The smallest absolute Gasteiger partial charge is 0.142 e. The van der Waals surface area contributed by atoms with Gasteiger partial charge >= 0.3 is 0 Å². The first-order valence-corrected chi connectivity index (χ1v) is 8.87. The van der Waals surface area contributed by atoms with Crippen molar-refractivity contribution in [2.24, 2.45) is 0 Å². The molecule has 1 N–H and O–H groups in total. The Balaban J connectivity index is 1.75. The Kier molecular flexibility index (Phi) is 5.31. The van der Waals surface area contributed by atoms with Crippen molar-refractivity contribution in [2.45, 2.75) is 63.5 Å². The zero-order valence-electron chi connectivity index (χ0n) is 12.3. The standard InChI is InChI=1S/C17H23Cl2NO/c18-12-10-14-16(8-9-21-17(14)15(19)11-12)20-13-6-4-2-1-3-5-7-13/h10-11,13,16,20H,1-9H2. The summed E-state index contributed by atoms with van der Waals surface area (Å²) in [5, 5.41) is 5.15. The summed E-state index contributed by atoms with van der Waals surface area (Å²) < 4.78 is 5.74. The average molecular weight is 328 g/mol. The van der Waals surface area contributed by atoms with E-state index in [0.717, 1.165) is 24.3 Å². The van der Waals surface area contributed by atoms with E-state index in [4.69, 9.17) is 27.9 Å². The Morgan fingerprint density at radius 1 is 0.952 bits per heavy atom. The van der Waals surface area contributed by atoms with Crippen molar-refractivity contribution in [1.29, 1.82) is 0 Å². The summed E-state index contributed by atoms with van der Waals surface area (Å²) in [6.45, 7) is 0.721. The van der Waals surface area contributed by atoms with Gasteiger partial charge in [-0.2, -0.15) is 0 Å². The predicted octanol–water partition coefficient (Wildman–Crippen LogP) is 5.52. The van der Waals surface area contributed by atoms with E-state index in [1.807, 2.05) is 6.07 Å². The van der Waals surface area contributed by atoms with Crippen molar-refractivity contribution in [1.82, 2.24) is 5.32 Å². The monoisotopic (exact) mass is 327 g/mol. The second kappa shape index (κ2) is 7.21. The second-order valence-corrected chi connectivity index (χ2v) is 7.05. The van der Waals surface area contributed by atoms with E-state index in [1.54, 1.807) is 6.07 Å². The van der Waals surface area contributed by atoms with Gasteiger partial charge < -0.3 is 10.1 Å². The highest BCUT2D eigenvalue weighted by Gasteiger charge is 2.26. The highest BCUT2D eigenvalue weighted by molar-refractivity contribution is 6.35. The largest absolute Gasteiger partial charge is 0.492 e. The van der Waals surface area contributed by atoms with Gasteiger partial charge in [0.05, 0.1) is 11.6 Å². The number of benzene rings is 1. The van der Waals surface area contributed by atoms with Gasteiger partial charge in [-0.05, 0) is 25.0 Å². The Hall–Kier alpha value is -0.440. The minimum absolute atomic E-state index is 0.314. The molecule has 0 bridgehead atoms. The van der Waals surface area contributed by atoms with E-state index < -0.39 is 0 Å². The summed E-state index contributed by atoms with van der Waals surface area (Å²) in [5.41, 5.74) is 1.13.